The second-order valence-corrected chi connectivity index (χ2v) is 15.6. The van der Waals surface area contributed by atoms with Gasteiger partial charge in [0.1, 0.15) is 0 Å². The predicted molar refractivity (Wildman–Crippen MR) is 148 cm³/mol. The van der Waals surface area contributed by atoms with Crippen LogP contribution < -0.4 is 0 Å². The Morgan fingerprint density at radius 2 is 1.57 bits per heavy atom. The van der Waals surface area contributed by atoms with Gasteiger partial charge in [0, 0.05) is 5.92 Å². The molecule has 4 N–H and O–H groups in total. The van der Waals surface area contributed by atoms with Crippen LogP contribution in [0.3, 0.4) is 0 Å². The van der Waals surface area contributed by atoms with Gasteiger partial charge in [0.05, 0.1) is 35.6 Å². The molecule has 1 heterocycles. The molecule has 5 heteroatoms. The lowest BCUT2D eigenvalue weighted by Crippen LogP contribution is -2.54. The number of hydrogen-bond acceptors (Lipinski definition) is 5. The van der Waals surface area contributed by atoms with Crippen LogP contribution in [0.2, 0.25) is 0 Å². The largest absolute Gasteiger partial charge is 0.393 e. The summed E-state index contributed by atoms with van der Waals surface area (Å²) in [5, 5.41) is 44.9. The number of unbranched alkanes of at least 4 members (excludes halogenated alkanes) is 1. The van der Waals surface area contributed by atoms with Crippen LogP contribution in [0.1, 0.15) is 132 Å². The monoisotopic (exact) mass is 522 g/mol. The quantitative estimate of drug-likeness (QED) is 0.344. The maximum Gasteiger partial charge on any atom is 0.0865 e. The summed E-state index contributed by atoms with van der Waals surface area (Å²) in [5.41, 5.74) is -1.55. The number of ether oxygens (including phenoxy) is 1. The van der Waals surface area contributed by atoms with Crippen molar-refractivity contribution in [1.29, 1.82) is 0 Å². The zero-order valence-corrected chi connectivity index (χ0v) is 24.9. The van der Waals surface area contributed by atoms with Gasteiger partial charge in [-0.05, 0) is 107 Å². The standard InChI is InChI=1S/C32H58O5/c1-8-9-14-32-15-11-10-12-26(35)28(2,3)21(19-32)23(33)17-25(32)30(6)18-22(24(34)20-30)31(7)16-13-27(37-31)29(4,5)36/h21-27,33-36H,8-20H2,1-7H3. The molecule has 3 aliphatic carbocycles. The molecular formula is C32H58O5. The predicted octanol–water partition coefficient (Wildman–Crippen LogP) is 6.00. The van der Waals surface area contributed by atoms with Crippen LogP contribution >= 0.6 is 0 Å². The van der Waals surface area contributed by atoms with E-state index >= 15 is 0 Å². The van der Waals surface area contributed by atoms with E-state index in [1.165, 1.54) is 19.3 Å². The van der Waals surface area contributed by atoms with Crippen LogP contribution in [-0.2, 0) is 4.74 Å². The molecule has 5 nitrogen and oxygen atoms in total. The Bertz CT molecular complexity index is 791. The molecule has 0 aromatic heterocycles. The van der Waals surface area contributed by atoms with Gasteiger partial charge in [0.25, 0.3) is 0 Å². The lowest BCUT2D eigenvalue weighted by Gasteiger charge is -2.58. The zero-order chi connectivity index (χ0) is 27.4. The van der Waals surface area contributed by atoms with E-state index in [1.54, 1.807) is 0 Å². The molecule has 4 fully saturated rings. The van der Waals surface area contributed by atoms with Crippen LogP contribution in [0, 0.1) is 34.0 Å². The average molecular weight is 523 g/mol. The second kappa shape index (κ2) is 10.3. The number of rotatable bonds is 6. The molecule has 216 valence electrons. The Balaban J connectivity index is 1.66. The Hall–Kier alpha value is -0.200. The second-order valence-electron chi connectivity index (χ2n) is 15.6. The first kappa shape index (κ1) is 29.8. The fourth-order valence-electron chi connectivity index (χ4n) is 9.67. The lowest BCUT2D eigenvalue weighted by molar-refractivity contribution is -0.151. The van der Waals surface area contributed by atoms with E-state index in [4.69, 9.17) is 4.74 Å². The van der Waals surface area contributed by atoms with Crippen LogP contribution in [0.4, 0.5) is 0 Å². The Kier molecular flexibility index (Phi) is 8.31. The van der Waals surface area contributed by atoms with Crippen molar-refractivity contribution in [3.05, 3.63) is 0 Å². The highest BCUT2D eigenvalue weighted by Crippen LogP contribution is 2.65. The van der Waals surface area contributed by atoms with Crippen molar-refractivity contribution >= 4 is 0 Å². The van der Waals surface area contributed by atoms with Gasteiger partial charge in [0.15, 0.2) is 0 Å². The molecule has 10 atom stereocenters. The first-order valence-electron chi connectivity index (χ1n) is 15.5. The maximum atomic E-state index is 11.7. The van der Waals surface area contributed by atoms with Crippen LogP contribution in [-0.4, -0.2) is 56.0 Å². The van der Waals surface area contributed by atoms with E-state index in [-0.39, 0.29) is 40.3 Å². The first-order valence-corrected chi connectivity index (χ1v) is 15.5. The summed E-state index contributed by atoms with van der Waals surface area (Å²) in [7, 11) is 0. The fourth-order valence-corrected chi connectivity index (χ4v) is 9.67. The summed E-state index contributed by atoms with van der Waals surface area (Å²) in [6, 6.07) is 0. The van der Waals surface area contributed by atoms with Gasteiger partial charge in [-0.2, -0.15) is 0 Å². The molecule has 3 saturated carbocycles. The average Bonchev–Trinajstić information content (AvgIpc) is 3.37. The first-order chi connectivity index (χ1) is 17.1. The Labute approximate surface area is 226 Å². The molecule has 0 amide bonds. The molecular weight excluding hydrogens is 464 g/mol. The molecule has 4 aliphatic rings. The minimum atomic E-state index is -0.883. The van der Waals surface area contributed by atoms with Crippen molar-refractivity contribution in [3.8, 4) is 0 Å². The van der Waals surface area contributed by atoms with Crippen LogP contribution in [0.5, 0.6) is 0 Å². The molecule has 37 heavy (non-hydrogen) atoms. The normalized spacial score (nSPS) is 48.9. The summed E-state index contributed by atoms with van der Waals surface area (Å²) in [6.45, 7) is 14.8. The minimum Gasteiger partial charge on any atom is -0.393 e. The summed E-state index contributed by atoms with van der Waals surface area (Å²) >= 11 is 0. The lowest BCUT2D eigenvalue weighted by atomic mass is 9.48. The topological polar surface area (TPSA) is 90.2 Å². The third-order valence-corrected chi connectivity index (χ3v) is 12.1. The molecule has 10 unspecified atom stereocenters. The molecule has 1 aliphatic heterocycles. The molecule has 2 bridgehead atoms. The van der Waals surface area contributed by atoms with Gasteiger partial charge in [0.2, 0.25) is 0 Å². The van der Waals surface area contributed by atoms with Crippen molar-refractivity contribution in [1.82, 2.24) is 0 Å². The Morgan fingerprint density at radius 1 is 0.865 bits per heavy atom. The smallest absolute Gasteiger partial charge is 0.0865 e. The van der Waals surface area contributed by atoms with Crippen molar-refractivity contribution in [2.45, 2.75) is 168 Å². The van der Waals surface area contributed by atoms with Crippen molar-refractivity contribution in [2.75, 3.05) is 0 Å². The number of aliphatic hydroxyl groups is 4. The third kappa shape index (κ3) is 5.43. The molecule has 0 aromatic carbocycles. The van der Waals surface area contributed by atoms with Gasteiger partial charge < -0.3 is 25.2 Å². The van der Waals surface area contributed by atoms with E-state index in [1.807, 2.05) is 13.8 Å². The summed E-state index contributed by atoms with van der Waals surface area (Å²) in [4.78, 5) is 0. The number of fused-ring (bicyclic) bond motifs is 2. The maximum absolute atomic E-state index is 11.7. The molecule has 4 rings (SSSR count). The van der Waals surface area contributed by atoms with E-state index in [0.29, 0.717) is 5.92 Å². The van der Waals surface area contributed by atoms with Gasteiger partial charge in [-0.15, -0.1) is 0 Å². The van der Waals surface area contributed by atoms with Crippen molar-refractivity contribution in [3.63, 3.8) is 0 Å². The fraction of sp³-hybridized carbons (Fsp3) is 1.00. The van der Waals surface area contributed by atoms with Crippen LogP contribution in [0.25, 0.3) is 0 Å². The molecule has 0 spiro atoms. The van der Waals surface area contributed by atoms with E-state index in [0.717, 1.165) is 64.2 Å². The highest BCUT2D eigenvalue weighted by molar-refractivity contribution is 5.11. The number of hydrogen-bond donors (Lipinski definition) is 4. The summed E-state index contributed by atoms with van der Waals surface area (Å²) in [6.07, 6.45) is 11.4. The molecule has 1 saturated heterocycles. The van der Waals surface area contributed by atoms with E-state index in [2.05, 4.69) is 34.6 Å². The van der Waals surface area contributed by atoms with E-state index in [9.17, 15) is 20.4 Å². The van der Waals surface area contributed by atoms with Gasteiger partial charge in [-0.3, -0.25) is 0 Å². The molecule has 0 radical (unpaired) electrons. The van der Waals surface area contributed by atoms with Gasteiger partial charge >= 0.3 is 0 Å². The van der Waals surface area contributed by atoms with Crippen LogP contribution in [0.15, 0.2) is 0 Å². The zero-order valence-electron chi connectivity index (χ0n) is 24.9. The van der Waals surface area contributed by atoms with Gasteiger partial charge in [-0.25, -0.2) is 0 Å². The third-order valence-electron chi connectivity index (χ3n) is 12.1. The summed E-state index contributed by atoms with van der Waals surface area (Å²) < 4.78 is 6.55. The Morgan fingerprint density at radius 3 is 2.19 bits per heavy atom. The van der Waals surface area contributed by atoms with Crippen molar-refractivity contribution in [2.24, 2.45) is 34.0 Å². The minimum absolute atomic E-state index is 0.0394. The summed E-state index contributed by atoms with van der Waals surface area (Å²) in [5.74, 6) is 0.485. The number of aliphatic hydroxyl groups excluding tert-OH is 3. The molecule has 0 aromatic rings. The highest BCUT2D eigenvalue weighted by atomic mass is 16.5. The van der Waals surface area contributed by atoms with E-state index < -0.39 is 23.4 Å². The SMILES string of the molecule is CCCCC12CCCCC(O)C(C)(C)C(C1)C(O)CC2C1(C)CC(O)C(C2(C)CCC(C(C)(C)O)O2)C1. The van der Waals surface area contributed by atoms with Crippen molar-refractivity contribution < 1.29 is 25.2 Å². The van der Waals surface area contributed by atoms with Gasteiger partial charge in [-0.1, -0.05) is 53.4 Å². The highest BCUT2D eigenvalue weighted by Gasteiger charge is 2.62.